The number of nitrogens with one attached hydrogen (secondary N) is 1. The van der Waals surface area contributed by atoms with E-state index in [1.54, 1.807) is 6.26 Å². The van der Waals surface area contributed by atoms with Crippen LogP contribution < -0.4 is 5.32 Å². The van der Waals surface area contributed by atoms with Gasteiger partial charge in [0.1, 0.15) is 5.76 Å². The van der Waals surface area contributed by atoms with Crippen LogP contribution in [0.4, 0.5) is 0 Å². The van der Waals surface area contributed by atoms with Crippen molar-refractivity contribution in [1.82, 2.24) is 10.2 Å². The molecule has 0 aromatic carbocycles. The Kier molecular flexibility index (Phi) is 4.01. The number of rotatable bonds is 3. The van der Waals surface area contributed by atoms with Gasteiger partial charge in [0.2, 0.25) is 0 Å². The van der Waals surface area contributed by atoms with Gasteiger partial charge in [0.15, 0.2) is 0 Å². The summed E-state index contributed by atoms with van der Waals surface area (Å²) in [7, 11) is 0. The predicted molar refractivity (Wildman–Crippen MR) is 72.4 cm³/mol. The molecule has 0 radical (unpaired) electrons. The normalized spacial score (nSPS) is 27.4. The summed E-state index contributed by atoms with van der Waals surface area (Å²) < 4.78 is 5.45. The summed E-state index contributed by atoms with van der Waals surface area (Å²) in [4.78, 5) is 2.54. The first-order valence-corrected chi connectivity index (χ1v) is 7.40. The van der Waals surface area contributed by atoms with Crippen LogP contribution in [0.5, 0.6) is 0 Å². The maximum Gasteiger partial charge on any atom is 0.117 e. The fourth-order valence-electron chi connectivity index (χ4n) is 3.46. The van der Waals surface area contributed by atoms with Gasteiger partial charge in [-0.05, 0) is 30.9 Å². The van der Waals surface area contributed by atoms with Gasteiger partial charge in [-0.3, -0.25) is 4.90 Å². The first kappa shape index (κ1) is 12.2. The van der Waals surface area contributed by atoms with Crippen molar-refractivity contribution >= 4 is 0 Å². The fourth-order valence-corrected chi connectivity index (χ4v) is 3.46. The second-order valence-electron chi connectivity index (χ2n) is 5.77. The molecule has 18 heavy (non-hydrogen) atoms. The molecular formula is C15H24N2O. The highest BCUT2D eigenvalue weighted by atomic mass is 16.3. The van der Waals surface area contributed by atoms with E-state index in [0.29, 0.717) is 6.04 Å². The maximum atomic E-state index is 5.45. The van der Waals surface area contributed by atoms with Crippen molar-refractivity contribution in [3.63, 3.8) is 0 Å². The minimum absolute atomic E-state index is 0.703. The molecule has 1 aromatic rings. The molecule has 3 nitrogen and oxygen atoms in total. The third-order valence-electron chi connectivity index (χ3n) is 4.47. The molecule has 100 valence electrons. The Morgan fingerprint density at radius 2 is 2.17 bits per heavy atom. The van der Waals surface area contributed by atoms with Crippen LogP contribution in [0.1, 0.15) is 37.9 Å². The maximum absolute atomic E-state index is 5.45. The largest absolute Gasteiger partial charge is 0.468 e. The Morgan fingerprint density at radius 1 is 1.28 bits per heavy atom. The van der Waals surface area contributed by atoms with Crippen LogP contribution in [0.2, 0.25) is 0 Å². The Balaban J connectivity index is 1.54. The zero-order chi connectivity index (χ0) is 12.2. The Morgan fingerprint density at radius 3 is 2.94 bits per heavy atom. The van der Waals surface area contributed by atoms with Crippen LogP contribution in [0.15, 0.2) is 22.8 Å². The topological polar surface area (TPSA) is 28.4 Å². The van der Waals surface area contributed by atoms with E-state index in [2.05, 4.69) is 16.3 Å². The molecule has 1 aliphatic carbocycles. The standard InChI is InChI=1S/C15H24N2O/c1-2-5-13(6-3-1)15-12-17(9-8-16-15)11-14-7-4-10-18-14/h4,7,10,13,15-16H,1-3,5-6,8-9,11-12H2. The highest BCUT2D eigenvalue weighted by Gasteiger charge is 2.28. The van der Waals surface area contributed by atoms with E-state index in [1.165, 1.54) is 38.6 Å². The minimum Gasteiger partial charge on any atom is -0.468 e. The number of hydrogen-bond donors (Lipinski definition) is 1. The van der Waals surface area contributed by atoms with Crippen LogP contribution in [0.25, 0.3) is 0 Å². The van der Waals surface area contributed by atoms with Gasteiger partial charge in [-0.2, -0.15) is 0 Å². The van der Waals surface area contributed by atoms with Crippen LogP contribution in [0, 0.1) is 5.92 Å². The molecule has 0 amide bonds. The average Bonchev–Trinajstić information content (AvgIpc) is 2.93. The average molecular weight is 248 g/mol. The summed E-state index contributed by atoms with van der Waals surface area (Å²) >= 11 is 0. The molecule has 1 aliphatic heterocycles. The van der Waals surface area contributed by atoms with Crippen molar-refractivity contribution in [2.45, 2.75) is 44.7 Å². The SMILES string of the molecule is c1coc(CN2CCNC(C3CCCCC3)C2)c1. The zero-order valence-corrected chi connectivity index (χ0v) is 11.1. The molecular weight excluding hydrogens is 224 g/mol. The molecule has 0 spiro atoms. The monoisotopic (exact) mass is 248 g/mol. The molecule has 1 aromatic heterocycles. The quantitative estimate of drug-likeness (QED) is 0.891. The molecule has 0 bridgehead atoms. The summed E-state index contributed by atoms with van der Waals surface area (Å²) in [6.45, 7) is 4.43. The highest BCUT2D eigenvalue weighted by molar-refractivity contribution is 4.99. The molecule has 3 heteroatoms. The van der Waals surface area contributed by atoms with E-state index < -0.39 is 0 Å². The Bertz CT molecular complexity index is 343. The van der Waals surface area contributed by atoms with Gasteiger partial charge in [0.05, 0.1) is 12.8 Å². The van der Waals surface area contributed by atoms with E-state index in [1.807, 2.05) is 6.07 Å². The fraction of sp³-hybridized carbons (Fsp3) is 0.733. The third-order valence-corrected chi connectivity index (χ3v) is 4.47. The van der Waals surface area contributed by atoms with E-state index in [9.17, 15) is 0 Å². The van der Waals surface area contributed by atoms with Gasteiger partial charge in [-0.15, -0.1) is 0 Å². The number of furan rings is 1. The molecule has 2 fully saturated rings. The van der Waals surface area contributed by atoms with Gasteiger partial charge in [0.25, 0.3) is 0 Å². The summed E-state index contributed by atoms with van der Waals surface area (Å²) in [6.07, 6.45) is 8.93. The molecule has 2 aliphatic rings. The van der Waals surface area contributed by atoms with E-state index >= 15 is 0 Å². The smallest absolute Gasteiger partial charge is 0.117 e. The van der Waals surface area contributed by atoms with Crippen LogP contribution in [-0.4, -0.2) is 30.6 Å². The van der Waals surface area contributed by atoms with Crippen molar-refractivity contribution in [2.75, 3.05) is 19.6 Å². The van der Waals surface area contributed by atoms with Gasteiger partial charge in [-0.1, -0.05) is 19.3 Å². The molecule has 1 saturated carbocycles. The lowest BCUT2D eigenvalue weighted by Gasteiger charge is -2.39. The van der Waals surface area contributed by atoms with Gasteiger partial charge >= 0.3 is 0 Å². The summed E-state index contributed by atoms with van der Waals surface area (Å²) in [5.74, 6) is 2.00. The molecule has 1 N–H and O–H groups in total. The second kappa shape index (κ2) is 5.89. The van der Waals surface area contributed by atoms with Crippen molar-refractivity contribution in [2.24, 2.45) is 5.92 Å². The van der Waals surface area contributed by atoms with Crippen molar-refractivity contribution in [1.29, 1.82) is 0 Å². The molecule has 1 saturated heterocycles. The Labute approximate surface area is 110 Å². The summed E-state index contributed by atoms with van der Waals surface area (Å²) in [5, 5.41) is 3.73. The zero-order valence-electron chi connectivity index (χ0n) is 11.1. The van der Waals surface area contributed by atoms with Crippen molar-refractivity contribution in [3.05, 3.63) is 24.2 Å². The Hall–Kier alpha value is -0.800. The highest BCUT2D eigenvalue weighted by Crippen LogP contribution is 2.27. The lowest BCUT2D eigenvalue weighted by atomic mass is 9.83. The van der Waals surface area contributed by atoms with Crippen molar-refractivity contribution < 1.29 is 4.42 Å². The van der Waals surface area contributed by atoms with Crippen LogP contribution >= 0.6 is 0 Å². The number of piperazine rings is 1. The molecule has 1 unspecified atom stereocenters. The van der Waals surface area contributed by atoms with Crippen molar-refractivity contribution in [3.8, 4) is 0 Å². The lowest BCUT2D eigenvalue weighted by molar-refractivity contribution is 0.134. The minimum atomic E-state index is 0.703. The predicted octanol–water partition coefficient (Wildman–Crippen LogP) is 2.63. The number of nitrogens with zero attached hydrogens (tertiary/aromatic N) is 1. The lowest BCUT2D eigenvalue weighted by Crippen LogP contribution is -2.53. The third kappa shape index (κ3) is 2.96. The van der Waals surface area contributed by atoms with Gasteiger partial charge in [0, 0.05) is 25.7 Å². The van der Waals surface area contributed by atoms with Crippen LogP contribution in [-0.2, 0) is 6.54 Å². The second-order valence-corrected chi connectivity index (χ2v) is 5.77. The molecule has 1 atom stereocenters. The first-order valence-electron chi connectivity index (χ1n) is 7.40. The van der Waals surface area contributed by atoms with E-state index in [-0.39, 0.29) is 0 Å². The first-order chi connectivity index (χ1) is 8.92. The molecule has 3 rings (SSSR count). The van der Waals surface area contributed by atoms with Crippen LogP contribution in [0.3, 0.4) is 0 Å². The van der Waals surface area contributed by atoms with Gasteiger partial charge < -0.3 is 9.73 Å². The summed E-state index contributed by atoms with van der Waals surface area (Å²) in [6, 6.07) is 4.77. The van der Waals surface area contributed by atoms with E-state index in [4.69, 9.17) is 4.42 Å². The van der Waals surface area contributed by atoms with E-state index in [0.717, 1.165) is 31.3 Å². The molecule has 2 heterocycles. The summed E-state index contributed by atoms with van der Waals surface area (Å²) in [5.41, 5.74) is 0. The number of hydrogen-bond acceptors (Lipinski definition) is 3. The van der Waals surface area contributed by atoms with Gasteiger partial charge in [-0.25, -0.2) is 0 Å².